The van der Waals surface area contributed by atoms with Crippen molar-refractivity contribution < 1.29 is 4.79 Å². The lowest BCUT2D eigenvalue weighted by molar-refractivity contribution is 0.0773. The molecule has 1 saturated heterocycles. The molecule has 3 aromatic rings. The monoisotopic (exact) mass is 448 g/mol. The predicted octanol–water partition coefficient (Wildman–Crippen LogP) is 5.25. The van der Waals surface area contributed by atoms with Crippen molar-refractivity contribution in [3.63, 3.8) is 0 Å². The third-order valence-electron chi connectivity index (χ3n) is 4.84. The van der Waals surface area contributed by atoms with E-state index in [0.29, 0.717) is 16.2 Å². The van der Waals surface area contributed by atoms with Gasteiger partial charge in [-0.1, -0.05) is 17.7 Å². The SMILES string of the molecule is Cc1ccc2c(Nc3ccc(C)c(Cl)c3)c(C(=O)N3CCSCC3)cnc2n1.Cl. The summed E-state index contributed by atoms with van der Waals surface area (Å²) in [6.07, 6.45) is 1.64. The Kier molecular flexibility index (Phi) is 6.88. The van der Waals surface area contributed by atoms with Crippen molar-refractivity contribution >= 4 is 64.1 Å². The molecule has 4 rings (SSSR count). The summed E-state index contributed by atoms with van der Waals surface area (Å²) in [5.41, 5.74) is 4.61. The Balaban J connectivity index is 0.00000240. The number of hydrogen-bond donors (Lipinski definition) is 1. The van der Waals surface area contributed by atoms with Crippen molar-refractivity contribution in [2.75, 3.05) is 29.9 Å². The van der Waals surface area contributed by atoms with E-state index in [0.717, 1.165) is 52.6 Å². The zero-order chi connectivity index (χ0) is 19.7. The molecule has 0 bridgehead atoms. The van der Waals surface area contributed by atoms with E-state index in [1.165, 1.54) is 0 Å². The van der Waals surface area contributed by atoms with Gasteiger partial charge in [-0.3, -0.25) is 4.79 Å². The number of halogens is 2. The van der Waals surface area contributed by atoms with E-state index in [9.17, 15) is 4.79 Å². The molecule has 1 aromatic carbocycles. The number of carbonyl (C=O) groups is 1. The summed E-state index contributed by atoms with van der Waals surface area (Å²) in [6, 6.07) is 9.69. The van der Waals surface area contributed by atoms with Crippen molar-refractivity contribution in [3.8, 4) is 0 Å². The van der Waals surface area contributed by atoms with Gasteiger partial charge < -0.3 is 10.2 Å². The first-order chi connectivity index (χ1) is 13.5. The number of aromatic nitrogens is 2. The van der Waals surface area contributed by atoms with E-state index in [2.05, 4.69) is 15.3 Å². The molecule has 0 spiro atoms. The van der Waals surface area contributed by atoms with Crippen LogP contribution in [0.25, 0.3) is 11.0 Å². The first-order valence-electron chi connectivity index (χ1n) is 9.19. The fraction of sp³-hybridized carbons (Fsp3) is 0.286. The maximum atomic E-state index is 13.2. The van der Waals surface area contributed by atoms with Gasteiger partial charge in [0.05, 0.1) is 11.3 Å². The number of aryl methyl sites for hydroxylation is 2. The lowest BCUT2D eigenvalue weighted by atomic mass is 10.1. The van der Waals surface area contributed by atoms with Crippen LogP contribution in [0.1, 0.15) is 21.6 Å². The average molecular weight is 449 g/mol. The number of benzene rings is 1. The van der Waals surface area contributed by atoms with Crippen molar-refractivity contribution in [1.29, 1.82) is 0 Å². The number of pyridine rings is 2. The molecule has 8 heteroatoms. The Labute approximate surface area is 185 Å². The molecule has 29 heavy (non-hydrogen) atoms. The van der Waals surface area contributed by atoms with Crippen molar-refractivity contribution in [2.24, 2.45) is 0 Å². The molecule has 152 valence electrons. The molecule has 0 saturated carbocycles. The van der Waals surface area contributed by atoms with E-state index in [4.69, 9.17) is 11.6 Å². The van der Waals surface area contributed by atoms with Gasteiger partial charge in [0, 0.05) is 52.6 Å². The summed E-state index contributed by atoms with van der Waals surface area (Å²) >= 11 is 8.18. The standard InChI is InChI=1S/C21H21ClN4OS.ClH/c1-13-3-5-15(11-18(13)22)25-19-16-6-4-14(2)24-20(16)23-12-17(19)21(27)26-7-9-28-10-8-26;/h3-6,11-12H,7-10H2,1-2H3,(H,23,24,25);1H. The molecule has 1 aliphatic rings. The van der Waals surface area contributed by atoms with Crippen LogP contribution in [0.3, 0.4) is 0 Å². The van der Waals surface area contributed by atoms with Crippen molar-refractivity contribution in [2.45, 2.75) is 13.8 Å². The first-order valence-corrected chi connectivity index (χ1v) is 10.7. The highest BCUT2D eigenvalue weighted by atomic mass is 35.5. The molecule has 0 atom stereocenters. The van der Waals surface area contributed by atoms with Gasteiger partial charge in [0.2, 0.25) is 0 Å². The van der Waals surface area contributed by atoms with Crippen LogP contribution in [0.5, 0.6) is 0 Å². The van der Waals surface area contributed by atoms with Crippen LogP contribution >= 0.6 is 35.8 Å². The van der Waals surface area contributed by atoms with E-state index >= 15 is 0 Å². The fourth-order valence-electron chi connectivity index (χ4n) is 3.22. The van der Waals surface area contributed by atoms with Crippen molar-refractivity contribution in [1.82, 2.24) is 14.9 Å². The van der Waals surface area contributed by atoms with Gasteiger partial charge in [-0.05, 0) is 43.7 Å². The molecule has 0 radical (unpaired) electrons. The summed E-state index contributed by atoms with van der Waals surface area (Å²) in [7, 11) is 0. The number of amides is 1. The second-order valence-corrected chi connectivity index (χ2v) is 8.50. The van der Waals surface area contributed by atoms with Gasteiger partial charge >= 0.3 is 0 Å². The number of rotatable bonds is 3. The number of fused-ring (bicyclic) bond motifs is 1. The maximum absolute atomic E-state index is 13.2. The van der Waals surface area contributed by atoms with Crippen LogP contribution in [0.2, 0.25) is 5.02 Å². The van der Waals surface area contributed by atoms with Gasteiger partial charge in [-0.15, -0.1) is 12.4 Å². The number of nitrogens with one attached hydrogen (secondary N) is 1. The smallest absolute Gasteiger partial charge is 0.257 e. The highest BCUT2D eigenvalue weighted by Gasteiger charge is 2.23. The van der Waals surface area contributed by atoms with Crippen molar-refractivity contribution in [3.05, 3.63) is 58.4 Å². The summed E-state index contributed by atoms with van der Waals surface area (Å²) in [4.78, 5) is 24.1. The average Bonchev–Trinajstić information content (AvgIpc) is 2.71. The number of anilines is 2. The van der Waals surface area contributed by atoms with Crippen LogP contribution in [0.15, 0.2) is 36.5 Å². The molecule has 5 nitrogen and oxygen atoms in total. The first kappa shape index (κ1) is 21.7. The Hall–Kier alpha value is -2.02. The molecule has 3 heterocycles. The van der Waals surface area contributed by atoms with E-state index < -0.39 is 0 Å². The lowest BCUT2D eigenvalue weighted by Crippen LogP contribution is -2.38. The number of hydrogen-bond acceptors (Lipinski definition) is 5. The Morgan fingerprint density at radius 3 is 2.66 bits per heavy atom. The minimum Gasteiger partial charge on any atom is -0.354 e. The molecule has 1 amide bonds. The zero-order valence-corrected chi connectivity index (χ0v) is 18.6. The summed E-state index contributed by atoms with van der Waals surface area (Å²) in [6.45, 7) is 5.40. The zero-order valence-electron chi connectivity index (χ0n) is 16.2. The largest absolute Gasteiger partial charge is 0.354 e. The Bertz CT molecular complexity index is 1050. The molecule has 1 aliphatic heterocycles. The van der Waals surface area contributed by atoms with Crippen LogP contribution < -0.4 is 5.32 Å². The third kappa shape index (κ3) is 4.60. The quantitative estimate of drug-likeness (QED) is 0.592. The van der Waals surface area contributed by atoms with Crippen LogP contribution in [0.4, 0.5) is 11.4 Å². The normalized spacial score (nSPS) is 13.8. The van der Waals surface area contributed by atoms with Crippen LogP contribution in [-0.4, -0.2) is 45.4 Å². The van der Waals surface area contributed by atoms with Gasteiger partial charge in [0.25, 0.3) is 5.91 Å². The van der Waals surface area contributed by atoms with Gasteiger partial charge in [0.15, 0.2) is 5.65 Å². The topological polar surface area (TPSA) is 58.1 Å². The molecule has 0 unspecified atom stereocenters. The van der Waals surface area contributed by atoms with E-state index in [-0.39, 0.29) is 18.3 Å². The maximum Gasteiger partial charge on any atom is 0.257 e. The van der Waals surface area contributed by atoms with E-state index in [1.807, 2.05) is 60.8 Å². The van der Waals surface area contributed by atoms with Gasteiger partial charge in [-0.2, -0.15) is 11.8 Å². The minimum absolute atomic E-state index is 0. The van der Waals surface area contributed by atoms with Gasteiger partial charge in [-0.25, -0.2) is 9.97 Å². The predicted molar refractivity (Wildman–Crippen MR) is 124 cm³/mol. The highest BCUT2D eigenvalue weighted by Crippen LogP contribution is 2.31. The number of nitrogens with zero attached hydrogens (tertiary/aromatic N) is 3. The molecule has 1 fully saturated rings. The molecule has 0 aliphatic carbocycles. The summed E-state index contributed by atoms with van der Waals surface area (Å²) in [5, 5.41) is 4.90. The Morgan fingerprint density at radius 1 is 1.17 bits per heavy atom. The highest BCUT2D eigenvalue weighted by molar-refractivity contribution is 7.99. The second-order valence-electron chi connectivity index (χ2n) is 6.86. The molecular weight excluding hydrogens is 427 g/mol. The van der Waals surface area contributed by atoms with E-state index in [1.54, 1.807) is 6.20 Å². The lowest BCUT2D eigenvalue weighted by Gasteiger charge is -2.27. The minimum atomic E-state index is -0.00372. The fourth-order valence-corrected chi connectivity index (χ4v) is 4.30. The third-order valence-corrected chi connectivity index (χ3v) is 6.19. The summed E-state index contributed by atoms with van der Waals surface area (Å²) < 4.78 is 0. The Morgan fingerprint density at radius 2 is 1.93 bits per heavy atom. The molecule has 1 N–H and O–H groups in total. The number of thioether (sulfide) groups is 1. The molecular formula is C21H22Cl2N4OS. The molecule has 2 aromatic heterocycles. The van der Waals surface area contributed by atoms with Crippen LogP contribution in [-0.2, 0) is 0 Å². The number of carbonyl (C=O) groups excluding carboxylic acids is 1. The van der Waals surface area contributed by atoms with Crippen LogP contribution in [0, 0.1) is 13.8 Å². The second kappa shape index (κ2) is 9.20. The van der Waals surface area contributed by atoms with Gasteiger partial charge in [0.1, 0.15) is 0 Å². The summed E-state index contributed by atoms with van der Waals surface area (Å²) in [5.74, 6) is 1.92.